The summed E-state index contributed by atoms with van der Waals surface area (Å²) in [7, 11) is -1.77. The first-order valence-corrected chi connectivity index (χ1v) is 9.64. The number of fused-ring (bicyclic) bond motifs is 1. The Labute approximate surface area is 116 Å². The van der Waals surface area contributed by atoms with Gasteiger partial charge in [0.05, 0.1) is 0 Å². The van der Waals surface area contributed by atoms with Crippen LogP contribution in [-0.4, -0.2) is 13.3 Å². The maximum atomic E-state index is 6.30. The number of nitrogens with one attached hydrogen (secondary N) is 1. The Balaban J connectivity index is 2.31. The molecule has 0 unspecified atom stereocenters. The quantitative estimate of drug-likeness (QED) is 0.832. The van der Waals surface area contributed by atoms with Gasteiger partial charge in [-0.05, 0) is 41.7 Å². The summed E-state index contributed by atoms with van der Waals surface area (Å²) < 4.78 is 6.30. The standard InChI is InChI=1S/C15H24N2OSi/c1-15(2,3)19(4,5)18-13-7-6-11-8-12(10-16)17-14(11)9-13/h6-9,17H,10,16H2,1-5H3. The zero-order valence-electron chi connectivity index (χ0n) is 12.5. The zero-order valence-corrected chi connectivity index (χ0v) is 13.5. The van der Waals surface area contributed by atoms with Crippen LogP contribution in [0.5, 0.6) is 5.75 Å². The van der Waals surface area contributed by atoms with E-state index in [1.54, 1.807) is 0 Å². The van der Waals surface area contributed by atoms with Crippen molar-refractivity contribution >= 4 is 19.2 Å². The molecule has 0 aliphatic rings. The summed E-state index contributed by atoms with van der Waals surface area (Å²) >= 11 is 0. The molecule has 0 fully saturated rings. The molecular formula is C15H24N2OSi. The number of aromatic amines is 1. The number of rotatable bonds is 3. The second-order valence-electron chi connectivity index (χ2n) is 6.61. The monoisotopic (exact) mass is 276 g/mol. The van der Waals surface area contributed by atoms with Crippen molar-refractivity contribution in [3.63, 3.8) is 0 Å². The highest BCUT2D eigenvalue weighted by molar-refractivity contribution is 6.74. The molecule has 0 aliphatic heterocycles. The molecule has 2 aromatic rings. The third kappa shape index (κ3) is 2.85. The highest BCUT2D eigenvalue weighted by atomic mass is 28.4. The van der Waals surface area contributed by atoms with E-state index in [0.717, 1.165) is 17.0 Å². The van der Waals surface area contributed by atoms with Gasteiger partial charge in [-0.1, -0.05) is 20.8 Å². The summed E-state index contributed by atoms with van der Waals surface area (Å²) in [5.74, 6) is 0.949. The first-order valence-electron chi connectivity index (χ1n) is 6.74. The van der Waals surface area contributed by atoms with Crippen LogP contribution >= 0.6 is 0 Å². The number of benzene rings is 1. The smallest absolute Gasteiger partial charge is 0.250 e. The van der Waals surface area contributed by atoms with Crippen LogP contribution in [0.3, 0.4) is 0 Å². The lowest BCUT2D eigenvalue weighted by molar-refractivity contribution is 0.493. The Bertz CT molecular complexity index is 581. The van der Waals surface area contributed by atoms with Crippen LogP contribution in [0.15, 0.2) is 24.3 Å². The van der Waals surface area contributed by atoms with Crippen molar-refractivity contribution < 1.29 is 4.43 Å². The maximum absolute atomic E-state index is 6.30. The molecule has 0 radical (unpaired) electrons. The summed E-state index contributed by atoms with van der Waals surface area (Å²) in [6.07, 6.45) is 0. The van der Waals surface area contributed by atoms with Gasteiger partial charge in [-0.25, -0.2) is 0 Å². The first-order chi connectivity index (χ1) is 8.73. The minimum Gasteiger partial charge on any atom is -0.543 e. The molecule has 0 bridgehead atoms. The van der Waals surface area contributed by atoms with E-state index in [1.165, 1.54) is 5.39 Å². The predicted molar refractivity (Wildman–Crippen MR) is 84.0 cm³/mol. The van der Waals surface area contributed by atoms with E-state index >= 15 is 0 Å². The molecule has 4 heteroatoms. The fourth-order valence-electron chi connectivity index (χ4n) is 1.79. The third-order valence-corrected chi connectivity index (χ3v) is 8.41. The van der Waals surface area contributed by atoms with E-state index in [2.05, 4.69) is 63.1 Å². The summed E-state index contributed by atoms with van der Waals surface area (Å²) in [5, 5.41) is 1.39. The predicted octanol–water partition coefficient (Wildman–Crippen LogP) is 4.01. The minimum atomic E-state index is -1.77. The lowest BCUT2D eigenvalue weighted by atomic mass is 10.2. The second kappa shape index (κ2) is 4.69. The molecule has 0 amide bonds. The normalized spacial score (nSPS) is 12.9. The van der Waals surface area contributed by atoms with Crippen LogP contribution in [0.2, 0.25) is 18.1 Å². The molecule has 19 heavy (non-hydrogen) atoms. The molecule has 0 aliphatic carbocycles. The van der Waals surface area contributed by atoms with Crippen molar-refractivity contribution in [2.75, 3.05) is 0 Å². The largest absolute Gasteiger partial charge is 0.543 e. The van der Waals surface area contributed by atoms with Gasteiger partial charge in [0, 0.05) is 23.8 Å². The minimum absolute atomic E-state index is 0.208. The average molecular weight is 276 g/mol. The molecule has 1 aromatic carbocycles. The lowest BCUT2D eigenvalue weighted by Gasteiger charge is -2.36. The molecule has 0 atom stereocenters. The molecule has 3 nitrogen and oxygen atoms in total. The van der Waals surface area contributed by atoms with E-state index in [4.69, 9.17) is 10.2 Å². The van der Waals surface area contributed by atoms with E-state index in [0.29, 0.717) is 6.54 Å². The summed E-state index contributed by atoms with van der Waals surface area (Å²) in [6.45, 7) is 11.8. The van der Waals surface area contributed by atoms with Gasteiger partial charge in [-0.15, -0.1) is 0 Å². The molecule has 3 N–H and O–H groups in total. The van der Waals surface area contributed by atoms with Crippen LogP contribution in [0, 0.1) is 0 Å². The van der Waals surface area contributed by atoms with Gasteiger partial charge in [-0.2, -0.15) is 0 Å². The summed E-state index contributed by atoms with van der Waals surface area (Å²) in [4.78, 5) is 3.32. The fraction of sp³-hybridized carbons (Fsp3) is 0.467. The Hall–Kier alpha value is -1.26. The van der Waals surface area contributed by atoms with Crippen LogP contribution in [-0.2, 0) is 6.54 Å². The first kappa shape index (κ1) is 14.2. The Morgan fingerprint density at radius 2 is 1.89 bits per heavy atom. The van der Waals surface area contributed by atoms with Gasteiger partial charge in [-0.3, -0.25) is 0 Å². The highest BCUT2D eigenvalue weighted by Gasteiger charge is 2.38. The molecule has 104 valence electrons. The molecule has 2 rings (SSSR count). The second-order valence-corrected chi connectivity index (χ2v) is 11.3. The van der Waals surface area contributed by atoms with Crippen molar-refractivity contribution in [1.29, 1.82) is 0 Å². The van der Waals surface area contributed by atoms with Crippen molar-refractivity contribution in [3.8, 4) is 5.75 Å². The maximum Gasteiger partial charge on any atom is 0.250 e. The summed E-state index contributed by atoms with van der Waals surface area (Å²) in [5.41, 5.74) is 7.80. The Kier molecular flexibility index (Phi) is 3.49. The molecule has 0 spiro atoms. The van der Waals surface area contributed by atoms with Gasteiger partial charge >= 0.3 is 0 Å². The topological polar surface area (TPSA) is 51.0 Å². The van der Waals surface area contributed by atoms with Crippen molar-refractivity contribution in [1.82, 2.24) is 4.98 Å². The third-order valence-electron chi connectivity index (χ3n) is 4.05. The van der Waals surface area contributed by atoms with Gasteiger partial charge in [0.1, 0.15) is 5.75 Å². The molecular weight excluding hydrogens is 252 g/mol. The van der Waals surface area contributed by atoms with E-state index in [1.807, 2.05) is 0 Å². The lowest BCUT2D eigenvalue weighted by Crippen LogP contribution is -2.43. The van der Waals surface area contributed by atoms with Crippen LogP contribution in [0.1, 0.15) is 26.5 Å². The van der Waals surface area contributed by atoms with Crippen molar-refractivity contribution in [3.05, 3.63) is 30.0 Å². The van der Waals surface area contributed by atoms with Crippen molar-refractivity contribution in [2.24, 2.45) is 5.73 Å². The average Bonchev–Trinajstić information content (AvgIpc) is 2.69. The van der Waals surface area contributed by atoms with Gasteiger partial charge < -0.3 is 15.1 Å². The number of hydrogen-bond acceptors (Lipinski definition) is 2. The van der Waals surface area contributed by atoms with Crippen LogP contribution in [0.25, 0.3) is 10.9 Å². The highest BCUT2D eigenvalue weighted by Crippen LogP contribution is 2.37. The van der Waals surface area contributed by atoms with Crippen LogP contribution in [0.4, 0.5) is 0 Å². The Morgan fingerprint density at radius 3 is 2.47 bits per heavy atom. The Morgan fingerprint density at radius 1 is 1.21 bits per heavy atom. The number of H-pyrrole nitrogens is 1. The molecule has 0 saturated heterocycles. The van der Waals surface area contributed by atoms with E-state index < -0.39 is 8.32 Å². The molecule has 0 saturated carbocycles. The summed E-state index contributed by atoms with van der Waals surface area (Å²) in [6, 6.07) is 8.31. The van der Waals surface area contributed by atoms with E-state index in [9.17, 15) is 0 Å². The van der Waals surface area contributed by atoms with Gasteiger partial charge in [0.15, 0.2) is 0 Å². The fourth-order valence-corrected chi connectivity index (χ4v) is 2.81. The van der Waals surface area contributed by atoms with Crippen LogP contribution < -0.4 is 10.2 Å². The number of nitrogens with two attached hydrogens (primary N) is 1. The van der Waals surface area contributed by atoms with E-state index in [-0.39, 0.29) is 5.04 Å². The molecule has 1 aromatic heterocycles. The zero-order chi connectivity index (χ0) is 14.3. The van der Waals surface area contributed by atoms with Gasteiger partial charge in [0.2, 0.25) is 8.32 Å². The van der Waals surface area contributed by atoms with Gasteiger partial charge in [0.25, 0.3) is 0 Å². The van der Waals surface area contributed by atoms with Crippen molar-refractivity contribution in [2.45, 2.75) is 45.4 Å². The number of hydrogen-bond donors (Lipinski definition) is 2. The number of aromatic nitrogens is 1. The molecule has 1 heterocycles. The SMILES string of the molecule is CC(C)(C)[Si](C)(C)Oc1ccc2cc(CN)[nH]c2c1.